The van der Waals surface area contributed by atoms with Crippen LogP contribution in [0.15, 0.2) is 46.9 Å². The Morgan fingerprint density at radius 3 is 2.56 bits per heavy atom. The summed E-state index contributed by atoms with van der Waals surface area (Å²) in [6, 6.07) is 11.5. The molecular weight excluding hydrogens is 352 g/mol. The van der Waals surface area contributed by atoms with Crippen LogP contribution in [0, 0.1) is 24.0 Å². The molecule has 0 aliphatic heterocycles. The number of carbonyl (C=O) groups is 2. The molecule has 0 spiro atoms. The van der Waals surface area contributed by atoms with E-state index < -0.39 is 23.4 Å². The number of anilines is 1. The molecule has 0 saturated carbocycles. The highest BCUT2D eigenvalue weighted by molar-refractivity contribution is 5.98. The molecule has 0 aliphatic carbocycles. The first-order chi connectivity index (χ1) is 12.9. The lowest BCUT2D eigenvalue weighted by Crippen LogP contribution is -2.21. The molecule has 0 radical (unpaired) electrons. The van der Waals surface area contributed by atoms with Crippen molar-refractivity contribution in [3.63, 3.8) is 0 Å². The number of carbonyl (C=O) groups excluding carboxylic acids is 2. The number of rotatable bonds is 5. The van der Waals surface area contributed by atoms with E-state index >= 15 is 0 Å². The molecule has 138 valence electrons. The number of nitrogens with zero attached hydrogens (tertiary/aromatic N) is 1. The number of furan rings is 1. The minimum atomic E-state index is -0.755. The number of hydrogen-bond acceptors (Lipinski definition) is 6. The highest BCUT2D eigenvalue weighted by Gasteiger charge is 2.20. The smallest absolute Gasteiger partial charge is 0.375 e. The number of ether oxygens (including phenoxy) is 1. The fourth-order valence-corrected chi connectivity index (χ4v) is 2.71. The summed E-state index contributed by atoms with van der Waals surface area (Å²) in [5.41, 5.74) is 1.67. The number of esters is 1. The van der Waals surface area contributed by atoms with Crippen LogP contribution in [0.2, 0.25) is 0 Å². The Balaban J connectivity index is 1.67. The second kappa shape index (κ2) is 7.28. The molecule has 0 saturated heterocycles. The standard InChI is InChI=1S/C19H16N2O6/c1-11-13-6-3-4-9-16(13)27-18(11)19(23)26-10-17(22)20-14-7-5-8-15(12(14)2)21(24)25/h3-9H,10H2,1-2H3,(H,20,22). The van der Waals surface area contributed by atoms with Gasteiger partial charge >= 0.3 is 5.97 Å². The first kappa shape index (κ1) is 18.1. The van der Waals surface area contributed by atoms with Crippen molar-refractivity contribution in [1.82, 2.24) is 0 Å². The van der Waals surface area contributed by atoms with Crippen LogP contribution in [-0.2, 0) is 9.53 Å². The predicted molar refractivity (Wildman–Crippen MR) is 97.7 cm³/mol. The van der Waals surface area contributed by atoms with Crippen molar-refractivity contribution >= 4 is 34.2 Å². The largest absolute Gasteiger partial charge is 0.450 e. The molecule has 1 amide bonds. The van der Waals surface area contributed by atoms with E-state index in [2.05, 4.69) is 5.32 Å². The Morgan fingerprint density at radius 1 is 1.11 bits per heavy atom. The van der Waals surface area contributed by atoms with Gasteiger partial charge in [0, 0.05) is 17.0 Å². The third-order valence-electron chi connectivity index (χ3n) is 4.14. The summed E-state index contributed by atoms with van der Waals surface area (Å²) in [7, 11) is 0. The number of para-hydroxylation sites is 1. The molecule has 8 nitrogen and oxygen atoms in total. The van der Waals surface area contributed by atoms with E-state index in [1.165, 1.54) is 25.1 Å². The summed E-state index contributed by atoms with van der Waals surface area (Å²) in [6.45, 7) is 2.71. The van der Waals surface area contributed by atoms with Gasteiger partial charge in [0.25, 0.3) is 11.6 Å². The average Bonchev–Trinajstić information content (AvgIpc) is 2.98. The first-order valence-corrected chi connectivity index (χ1v) is 8.07. The average molecular weight is 368 g/mol. The van der Waals surface area contributed by atoms with Gasteiger partial charge in [-0.15, -0.1) is 0 Å². The third kappa shape index (κ3) is 3.64. The van der Waals surface area contributed by atoms with Gasteiger partial charge < -0.3 is 14.5 Å². The molecule has 0 aliphatic rings. The van der Waals surface area contributed by atoms with Crippen molar-refractivity contribution in [2.45, 2.75) is 13.8 Å². The maximum Gasteiger partial charge on any atom is 0.375 e. The van der Waals surface area contributed by atoms with Gasteiger partial charge in [0.2, 0.25) is 5.76 Å². The fourth-order valence-electron chi connectivity index (χ4n) is 2.71. The van der Waals surface area contributed by atoms with E-state index in [0.29, 0.717) is 16.7 Å². The maximum atomic E-state index is 12.2. The molecule has 27 heavy (non-hydrogen) atoms. The van der Waals surface area contributed by atoms with Crippen LogP contribution in [0.1, 0.15) is 21.7 Å². The minimum Gasteiger partial charge on any atom is -0.450 e. The van der Waals surface area contributed by atoms with Crippen LogP contribution in [0.4, 0.5) is 11.4 Å². The second-order valence-corrected chi connectivity index (χ2v) is 5.88. The van der Waals surface area contributed by atoms with Crippen molar-refractivity contribution in [3.05, 3.63) is 69.5 Å². The number of fused-ring (bicyclic) bond motifs is 1. The highest BCUT2D eigenvalue weighted by Crippen LogP contribution is 2.26. The maximum absolute atomic E-state index is 12.2. The topological polar surface area (TPSA) is 112 Å². The number of amides is 1. The quantitative estimate of drug-likeness (QED) is 0.417. The van der Waals surface area contributed by atoms with E-state index in [9.17, 15) is 19.7 Å². The summed E-state index contributed by atoms with van der Waals surface area (Å²) < 4.78 is 10.5. The van der Waals surface area contributed by atoms with E-state index in [1.807, 2.05) is 12.1 Å². The van der Waals surface area contributed by atoms with Gasteiger partial charge in [0.15, 0.2) is 6.61 Å². The lowest BCUT2D eigenvalue weighted by atomic mass is 10.1. The van der Waals surface area contributed by atoms with Crippen LogP contribution in [0.3, 0.4) is 0 Å². The van der Waals surface area contributed by atoms with Crippen molar-refractivity contribution < 1.29 is 23.7 Å². The predicted octanol–water partition coefficient (Wildman–Crippen LogP) is 3.75. The molecule has 8 heteroatoms. The second-order valence-electron chi connectivity index (χ2n) is 5.88. The van der Waals surface area contributed by atoms with Crippen molar-refractivity contribution in [2.24, 2.45) is 0 Å². The van der Waals surface area contributed by atoms with Crippen molar-refractivity contribution in [3.8, 4) is 0 Å². The molecule has 3 rings (SSSR count). The van der Waals surface area contributed by atoms with Gasteiger partial charge in [-0.2, -0.15) is 0 Å². The summed E-state index contributed by atoms with van der Waals surface area (Å²) >= 11 is 0. The monoisotopic (exact) mass is 368 g/mol. The van der Waals surface area contributed by atoms with Crippen LogP contribution in [0.25, 0.3) is 11.0 Å². The van der Waals surface area contributed by atoms with Gasteiger partial charge in [0.05, 0.1) is 16.2 Å². The molecule has 0 fully saturated rings. The van der Waals surface area contributed by atoms with E-state index in [4.69, 9.17) is 9.15 Å². The van der Waals surface area contributed by atoms with E-state index in [0.717, 1.165) is 5.39 Å². The number of nitro groups is 1. The van der Waals surface area contributed by atoms with Gasteiger partial charge in [0.1, 0.15) is 5.58 Å². The lowest BCUT2D eigenvalue weighted by molar-refractivity contribution is -0.385. The molecular formula is C19H16N2O6. The Kier molecular flexibility index (Phi) is 4.89. The van der Waals surface area contributed by atoms with Gasteiger partial charge in [-0.1, -0.05) is 24.3 Å². The van der Waals surface area contributed by atoms with Crippen LogP contribution < -0.4 is 5.32 Å². The summed E-state index contributed by atoms with van der Waals surface area (Å²) in [5.74, 6) is -1.33. The Labute approximate surface area is 153 Å². The Hall–Kier alpha value is -3.68. The van der Waals surface area contributed by atoms with Crippen LogP contribution in [0.5, 0.6) is 0 Å². The normalized spacial score (nSPS) is 10.6. The molecule has 0 unspecified atom stereocenters. The lowest BCUT2D eigenvalue weighted by Gasteiger charge is -2.08. The summed E-state index contributed by atoms with van der Waals surface area (Å²) in [4.78, 5) is 34.7. The number of aryl methyl sites for hydroxylation is 1. The zero-order valence-electron chi connectivity index (χ0n) is 14.6. The Bertz CT molecular complexity index is 1050. The van der Waals surface area contributed by atoms with Crippen LogP contribution >= 0.6 is 0 Å². The first-order valence-electron chi connectivity index (χ1n) is 8.07. The van der Waals surface area contributed by atoms with Gasteiger partial charge in [-0.3, -0.25) is 14.9 Å². The summed E-state index contributed by atoms with van der Waals surface area (Å²) in [6.07, 6.45) is 0. The molecule has 3 aromatic rings. The zero-order valence-corrected chi connectivity index (χ0v) is 14.6. The number of nitro benzene ring substituents is 1. The van der Waals surface area contributed by atoms with Crippen molar-refractivity contribution in [1.29, 1.82) is 0 Å². The fraction of sp³-hybridized carbons (Fsp3) is 0.158. The number of nitrogens with one attached hydrogen (secondary N) is 1. The van der Waals surface area contributed by atoms with Gasteiger partial charge in [-0.05, 0) is 26.0 Å². The van der Waals surface area contributed by atoms with E-state index in [-0.39, 0.29) is 17.1 Å². The number of hydrogen-bond donors (Lipinski definition) is 1. The summed E-state index contributed by atoms with van der Waals surface area (Å²) in [5, 5.41) is 14.2. The minimum absolute atomic E-state index is 0.0375. The molecule has 0 bridgehead atoms. The van der Waals surface area contributed by atoms with Gasteiger partial charge in [-0.25, -0.2) is 4.79 Å². The molecule has 2 aromatic carbocycles. The van der Waals surface area contributed by atoms with Crippen molar-refractivity contribution in [2.75, 3.05) is 11.9 Å². The highest BCUT2D eigenvalue weighted by atomic mass is 16.6. The van der Waals surface area contributed by atoms with E-state index in [1.54, 1.807) is 19.1 Å². The Morgan fingerprint density at radius 2 is 1.85 bits per heavy atom. The third-order valence-corrected chi connectivity index (χ3v) is 4.14. The SMILES string of the molecule is Cc1c(NC(=O)COC(=O)c2oc3ccccc3c2C)cccc1[N+](=O)[O-]. The molecule has 1 heterocycles. The molecule has 0 atom stereocenters. The molecule has 1 N–H and O–H groups in total. The molecule has 1 aromatic heterocycles. The van der Waals surface area contributed by atoms with Crippen LogP contribution in [-0.4, -0.2) is 23.4 Å². The number of benzene rings is 2. The zero-order chi connectivity index (χ0) is 19.6.